The molecule has 1 N–H and O–H groups in total. The molecule has 0 amide bonds. The lowest BCUT2D eigenvalue weighted by Crippen LogP contribution is -2.34. The van der Waals surface area contributed by atoms with Crippen molar-refractivity contribution >= 4 is 0 Å². The van der Waals surface area contributed by atoms with Crippen LogP contribution in [0.5, 0.6) is 0 Å². The SMILES string of the molecule is CCNC1COCC1c1nc(C2CCCOC2)no1. The molecule has 106 valence electrons. The topological polar surface area (TPSA) is 69.4 Å². The molecule has 3 unspecified atom stereocenters. The fourth-order valence-electron chi connectivity index (χ4n) is 2.77. The van der Waals surface area contributed by atoms with E-state index in [9.17, 15) is 0 Å². The highest BCUT2D eigenvalue weighted by molar-refractivity contribution is 5.05. The van der Waals surface area contributed by atoms with Crippen molar-refractivity contribution < 1.29 is 14.0 Å². The Balaban J connectivity index is 1.69. The summed E-state index contributed by atoms with van der Waals surface area (Å²) in [7, 11) is 0. The van der Waals surface area contributed by atoms with Crippen molar-refractivity contribution in [2.45, 2.75) is 37.6 Å². The smallest absolute Gasteiger partial charge is 0.233 e. The normalized spacial score (nSPS) is 31.7. The zero-order valence-corrected chi connectivity index (χ0v) is 11.3. The van der Waals surface area contributed by atoms with Gasteiger partial charge in [-0.1, -0.05) is 12.1 Å². The number of aromatic nitrogens is 2. The van der Waals surface area contributed by atoms with E-state index in [2.05, 4.69) is 22.4 Å². The van der Waals surface area contributed by atoms with Crippen molar-refractivity contribution in [3.05, 3.63) is 11.7 Å². The molecule has 3 rings (SSSR count). The maximum atomic E-state index is 5.52. The molecule has 1 aromatic rings. The molecule has 2 aliphatic heterocycles. The average molecular weight is 267 g/mol. The molecule has 2 aliphatic rings. The number of hydrogen-bond donors (Lipinski definition) is 1. The summed E-state index contributed by atoms with van der Waals surface area (Å²) in [5.74, 6) is 1.94. The lowest BCUT2D eigenvalue weighted by molar-refractivity contribution is 0.0773. The van der Waals surface area contributed by atoms with Gasteiger partial charge >= 0.3 is 0 Å². The summed E-state index contributed by atoms with van der Waals surface area (Å²) in [5, 5.41) is 7.53. The second-order valence-electron chi connectivity index (χ2n) is 5.21. The highest BCUT2D eigenvalue weighted by atomic mass is 16.5. The van der Waals surface area contributed by atoms with E-state index < -0.39 is 0 Å². The molecule has 3 atom stereocenters. The first-order valence-corrected chi connectivity index (χ1v) is 7.11. The van der Waals surface area contributed by atoms with E-state index in [4.69, 9.17) is 14.0 Å². The van der Waals surface area contributed by atoms with Gasteiger partial charge in [-0.2, -0.15) is 4.98 Å². The van der Waals surface area contributed by atoms with Crippen LogP contribution in [-0.4, -0.2) is 49.2 Å². The Morgan fingerprint density at radius 1 is 1.26 bits per heavy atom. The third-order valence-corrected chi connectivity index (χ3v) is 3.85. The third kappa shape index (κ3) is 2.80. The van der Waals surface area contributed by atoms with Gasteiger partial charge in [0.05, 0.1) is 25.7 Å². The van der Waals surface area contributed by atoms with Crippen LogP contribution in [-0.2, 0) is 9.47 Å². The molecule has 0 aliphatic carbocycles. The van der Waals surface area contributed by atoms with Crippen LogP contribution >= 0.6 is 0 Å². The third-order valence-electron chi connectivity index (χ3n) is 3.85. The molecule has 1 aromatic heterocycles. The highest BCUT2D eigenvalue weighted by Gasteiger charge is 2.34. The lowest BCUT2D eigenvalue weighted by atomic mass is 10.0. The molecule has 2 saturated heterocycles. The Morgan fingerprint density at radius 3 is 3.00 bits per heavy atom. The largest absolute Gasteiger partial charge is 0.381 e. The van der Waals surface area contributed by atoms with Gasteiger partial charge in [0, 0.05) is 18.6 Å². The van der Waals surface area contributed by atoms with E-state index in [1.165, 1.54) is 0 Å². The van der Waals surface area contributed by atoms with Gasteiger partial charge < -0.3 is 19.3 Å². The monoisotopic (exact) mass is 267 g/mol. The zero-order valence-electron chi connectivity index (χ0n) is 11.3. The van der Waals surface area contributed by atoms with Crippen LogP contribution in [0.15, 0.2) is 4.52 Å². The molecule has 6 nitrogen and oxygen atoms in total. The minimum atomic E-state index is 0.172. The molecule has 0 saturated carbocycles. The molecular formula is C13H21N3O3. The van der Waals surface area contributed by atoms with Crippen molar-refractivity contribution in [3.63, 3.8) is 0 Å². The van der Waals surface area contributed by atoms with Gasteiger partial charge in [0.1, 0.15) is 0 Å². The maximum absolute atomic E-state index is 5.52. The van der Waals surface area contributed by atoms with Gasteiger partial charge in [-0.25, -0.2) is 0 Å². The van der Waals surface area contributed by atoms with E-state index in [1.807, 2.05) is 0 Å². The Bertz CT molecular complexity index is 404. The van der Waals surface area contributed by atoms with E-state index in [-0.39, 0.29) is 17.9 Å². The predicted molar refractivity (Wildman–Crippen MR) is 68.1 cm³/mol. The summed E-state index contributed by atoms with van der Waals surface area (Å²) >= 11 is 0. The fraction of sp³-hybridized carbons (Fsp3) is 0.846. The minimum absolute atomic E-state index is 0.172. The molecule has 6 heteroatoms. The summed E-state index contributed by atoms with van der Waals surface area (Å²) < 4.78 is 16.4. The first-order chi connectivity index (χ1) is 9.38. The number of ether oxygens (including phenoxy) is 2. The molecular weight excluding hydrogens is 246 g/mol. The Labute approximate surface area is 112 Å². The molecule has 19 heavy (non-hydrogen) atoms. The standard InChI is InChI=1S/C13H21N3O3/c1-2-14-11-8-18-7-10(11)13-15-12(16-19-13)9-4-3-5-17-6-9/h9-11,14H,2-8H2,1H3. The van der Waals surface area contributed by atoms with E-state index in [0.29, 0.717) is 25.7 Å². The molecule has 0 aromatic carbocycles. The van der Waals surface area contributed by atoms with E-state index >= 15 is 0 Å². The van der Waals surface area contributed by atoms with Gasteiger partial charge in [-0.05, 0) is 19.4 Å². The second-order valence-corrected chi connectivity index (χ2v) is 5.21. The quantitative estimate of drug-likeness (QED) is 0.879. The van der Waals surface area contributed by atoms with Crippen molar-refractivity contribution in [1.29, 1.82) is 0 Å². The van der Waals surface area contributed by atoms with Gasteiger partial charge in [0.2, 0.25) is 5.89 Å². The van der Waals surface area contributed by atoms with Gasteiger partial charge in [-0.3, -0.25) is 0 Å². The Morgan fingerprint density at radius 2 is 2.21 bits per heavy atom. The molecule has 0 bridgehead atoms. The van der Waals surface area contributed by atoms with E-state index in [1.54, 1.807) is 0 Å². The van der Waals surface area contributed by atoms with Crippen LogP contribution in [0.25, 0.3) is 0 Å². The van der Waals surface area contributed by atoms with Crippen LogP contribution in [0.4, 0.5) is 0 Å². The van der Waals surface area contributed by atoms with Crippen LogP contribution in [0.3, 0.4) is 0 Å². The van der Waals surface area contributed by atoms with Crippen molar-refractivity contribution in [1.82, 2.24) is 15.5 Å². The number of nitrogens with zero attached hydrogens (tertiary/aromatic N) is 2. The van der Waals surface area contributed by atoms with Gasteiger partial charge in [-0.15, -0.1) is 0 Å². The van der Waals surface area contributed by atoms with Crippen molar-refractivity contribution in [3.8, 4) is 0 Å². The highest BCUT2D eigenvalue weighted by Crippen LogP contribution is 2.28. The molecule has 0 spiro atoms. The number of rotatable bonds is 4. The zero-order chi connectivity index (χ0) is 13.1. The average Bonchev–Trinajstić information content (AvgIpc) is 3.08. The summed E-state index contributed by atoms with van der Waals surface area (Å²) in [4.78, 5) is 4.57. The summed E-state index contributed by atoms with van der Waals surface area (Å²) in [5.41, 5.74) is 0. The molecule has 0 radical (unpaired) electrons. The Hall–Kier alpha value is -0.980. The lowest BCUT2D eigenvalue weighted by Gasteiger charge is -2.18. The number of hydrogen-bond acceptors (Lipinski definition) is 6. The van der Waals surface area contributed by atoms with E-state index in [0.717, 1.165) is 31.8 Å². The predicted octanol–water partition coefficient (Wildman–Crippen LogP) is 1.06. The minimum Gasteiger partial charge on any atom is -0.381 e. The second kappa shape index (κ2) is 5.98. The maximum Gasteiger partial charge on any atom is 0.233 e. The number of likely N-dealkylation sites (N-methyl/N-ethyl adjacent to an activating group) is 1. The summed E-state index contributed by atoms with van der Waals surface area (Å²) in [6.45, 7) is 5.93. The first-order valence-electron chi connectivity index (χ1n) is 7.11. The summed E-state index contributed by atoms with van der Waals surface area (Å²) in [6, 6.07) is 0.279. The van der Waals surface area contributed by atoms with Gasteiger partial charge in [0.15, 0.2) is 5.82 Å². The number of nitrogens with one attached hydrogen (secondary N) is 1. The van der Waals surface area contributed by atoms with Crippen LogP contribution in [0.1, 0.15) is 43.3 Å². The van der Waals surface area contributed by atoms with Crippen LogP contribution in [0.2, 0.25) is 0 Å². The fourth-order valence-corrected chi connectivity index (χ4v) is 2.77. The Kier molecular flexibility index (Phi) is 4.10. The summed E-state index contributed by atoms with van der Waals surface area (Å²) in [6.07, 6.45) is 2.15. The molecule has 3 heterocycles. The van der Waals surface area contributed by atoms with Crippen molar-refractivity contribution in [2.24, 2.45) is 0 Å². The first kappa shape index (κ1) is 13.0. The van der Waals surface area contributed by atoms with Crippen molar-refractivity contribution in [2.75, 3.05) is 33.0 Å². The van der Waals surface area contributed by atoms with Crippen LogP contribution in [0, 0.1) is 0 Å². The van der Waals surface area contributed by atoms with Gasteiger partial charge in [0.25, 0.3) is 0 Å². The molecule has 2 fully saturated rings. The van der Waals surface area contributed by atoms with Crippen LogP contribution < -0.4 is 5.32 Å².